The van der Waals surface area contributed by atoms with Gasteiger partial charge >= 0.3 is 0 Å². The number of benzene rings is 2. The number of piperidine rings is 1. The van der Waals surface area contributed by atoms with E-state index in [1.807, 2.05) is 43.3 Å². The van der Waals surface area contributed by atoms with E-state index in [2.05, 4.69) is 0 Å². The molecule has 0 bridgehead atoms. The molecule has 4 nitrogen and oxygen atoms in total. The Morgan fingerprint density at radius 3 is 2.31 bits per heavy atom. The fraction of sp³-hybridized carbons (Fsp3) is 0.333. The zero-order valence-electron chi connectivity index (χ0n) is 16.9. The van der Waals surface area contributed by atoms with Gasteiger partial charge < -0.3 is 9.80 Å². The van der Waals surface area contributed by atoms with E-state index in [1.54, 1.807) is 35.1 Å². The number of hydrogen-bond donors (Lipinski definition) is 0. The topological polar surface area (TPSA) is 40.6 Å². The lowest BCUT2D eigenvalue weighted by Gasteiger charge is -2.34. The molecule has 29 heavy (non-hydrogen) atoms. The average Bonchev–Trinajstić information content (AvgIpc) is 2.77. The minimum atomic E-state index is -0.284. The van der Waals surface area contributed by atoms with Gasteiger partial charge in [-0.15, -0.1) is 0 Å². The van der Waals surface area contributed by atoms with Crippen LogP contribution in [0.1, 0.15) is 36.9 Å². The molecule has 2 amide bonds. The number of hydrogen-bond acceptors (Lipinski definition) is 2. The second-order valence-corrected chi connectivity index (χ2v) is 7.52. The summed E-state index contributed by atoms with van der Waals surface area (Å²) in [6, 6.07) is 15.8. The molecule has 2 aromatic carbocycles. The largest absolute Gasteiger partial charge is 0.339 e. The predicted molar refractivity (Wildman–Crippen MR) is 112 cm³/mol. The Kier molecular flexibility index (Phi) is 6.81. The minimum absolute atomic E-state index is 0.0206. The zero-order valence-corrected chi connectivity index (χ0v) is 16.9. The van der Waals surface area contributed by atoms with Crippen molar-refractivity contribution in [1.29, 1.82) is 0 Å². The summed E-state index contributed by atoms with van der Waals surface area (Å²) < 4.78 is 13.1. The van der Waals surface area contributed by atoms with Crippen molar-refractivity contribution >= 4 is 17.9 Å². The highest BCUT2D eigenvalue weighted by atomic mass is 19.1. The van der Waals surface area contributed by atoms with Crippen molar-refractivity contribution in [2.45, 2.75) is 25.8 Å². The van der Waals surface area contributed by atoms with E-state index in [1.165, 1.54) is 12.1 Å². The first-order valence-corrected chi connectivity index (χ1v) is 10.00. The zero-order chi connectivity index (χ0) is 20.8. The summed E-state index contributed by atoms with van der Waals surface area (Å²) in [4.78, 5) is 28.8. The average molecular weight is 394 g/mol. The molecule has 1 aliphatic heterocycles. The molecule has 1 unspecified atom stereocenters. The Morgan fingerprint density at radius 1 is 1.07 bits per heavy atom. The van der Waals surface area contributed by atoms with Crippen LogP contribution in [0.4, 0.5) is 4.39 Å². The maximum Gasteiger partial charge on any atom is 0.246 e. The van der Waals surface area contributed by atoms with Crippen molar-refractivity contribution < 1.29 is 14.0 Å². The normalized spacial score (nSPS) is 16.0. The van der Waals surface area contributed by atoms with E-state index in [9.17, 15) is 14.0 Å². The van der Waals surface area contributed by atoms with Crippen molar-refractivity contribution in [1.82, 2.24) is 9.80 Å². The van der Waals surface area contributed by atoms with Gasteiger partial charge in [0.2, 0.25) is 11.8 Å². The fourth-order valence-corrected chi connectivity index (χ4v) is 3.63. The first-order chi connectivity index (χ1) is 14.0. The Balaban J connectivity index is 1.52. The van der Waals surface area contributed by atoms with E-state index in [-0.39, 0.29) is 29.6 Å². The van der Waals surface area contributed by atoms with E-state index in [4.69, 9.17) is 0 Å². The third-order valence-corrected chi connectivity index (χ3v) is 5.65. The van der Waals surface area contributed by atoms with E-state index in [0.717, 1.165) is 11.1 Å². The van der Waals surface area contributed by atoms with Crippen LogP contribution < -0.4 is 0 Å². The molecule has 0 N–H and O–H groups in total. The number of amides is 2. The van der Waals surface area contributed by atoms with Crippen molar-refractivity contribution in [2.75, 3.05) is 20.1 Å². The van der Waals surface area contributed by atoms with Gasteiger partial charge in [-0.3, -0.25) is 9.59 Å². The van der Waals surface area contributed by atoms with Gasteiger partial charge in [-0.1, -0.05) is 42.5 Å². The summed E-state index contributed by atoms with van der Waals surface area (Å²) in [6.45, 7) is 3.10. The molecule has 5 heteroatoms. The highest BCUT2D eigenvalue weighted by Crippen LogP contribution is 2.25. The van der Waals surface area contributed by atoms with Gasteiger partial charge in [-0.05, 0) is 49.1 Å². The molecule has 3 rings (SSSR count). The first kappa shape index (κ1) is 20.8. The van der Waals surface area contributed by atoms with Crippen LogP contribution >= 0.6 is 0 Å². The highest BCUT2D eigenvalue weighted by molar-refractivity contribution is 5.92. The molecule has 152 valence electrons. The molecule has 0 aromatic heterocycles. The maximum atomic E-state index is 13.1. The predicted octanol–water partition coefficient (Wildman–Crippen LogP) is 4.30. The second-order valence-electron chi connectivity index (χ2n) is 7.52. The lowest BCUT2D eigenvalue weighted by molar-refractivity contribution is -0.139. The number of likely N-dealkylation sites (tertiary alicyclic amines) is 1. The van der Waals surface area contributed by atoms with Crippen molar-refractivity contribution in [3.05, 3.63) is 77.6 Å². The Bertz CT molecular complexity index is 856. The lowest BCUT2D eigenvalue weighted by Crippen LogP contribution is -2.43. The number of nitrogens with zero attached hydrogens (tertiary/aromatic N) is 2. The summed E-state index contributed by atoms with van der Waals surface area (Å²) in [5, 5.41) is 0. The summed E-state index contributed by atoms with van der Waals surface area (Å²) in [7, 11) is 1.79. The van der Waals surface area contributed by atoms with Gasteiger partial charge in [0.25, 0.3) is 0 Å². The van der Waals surface area contributed by atoms with Crippen molar-refractivity contribution in [3.8, 4) is 0 Å². The van der Waals surface area contributed by atoms with E-state index in [0.29, 0.717) is 25.9 Å². The first-order valence-electron chi connectivity index (χ1n) is 10.00. The van der Waals surface area contributed by atoms with Gasteiger partial charge in [0.05, 0.1) is 6.04 Å². The highest BCUT2D eigenvalue weighted by Gasteiger charge is 2.30. The third kappa shape index (κ3) is 5.31. The molecule has 1 atom stereocenters. The molecule has 2 aromatic rings. The van der Waals surface area contributed by atoms with Crippen LogP contribution in [0.2, 0.25) is 0 Å². The molecule has 1 heterocycles. The molecule has 1 fully saturated rings. The van der Waals surface area contributed by atoms with Crippen LogP contribution in [-0.4, -0.2) is 41.8 Å². The second kappa shape index (κ2) is 9.50. The molecule has 0 saturated carbocycles. The van der Waals surface area contributed by atoms with Crippen LogP contribution in [0.15, 0.2) is 60.7 Å². The molecule has 1 aliphatic rings. The van der Waals surface area contributed by atoms with E-state index >= 15 is 0 Å². The van der Waals surface area contributed by atoms with Gasteiger partial charge in [-0.25, -0.2) is 4.39 Å². The lowest BCUT2D eigenvalue weighted by atomic mass is 9.94. The minimum Gasteiger partial charge on any atom is -0.339 e. The smallest absolute Gasteiger partial charge is 0.246 e. The number of carbonyl (C=O) groups is 2. The SMILES string of the molecule is CC(c1ccc(F)cc1)N(C)C(=O)C1CCN(C(=O)C=Cc2ccccc2)CC1. The molecular formula is C24H27FN2O2. The molecule has 0 spiro atoms. The van der Waals surface area contributed by atoms with Gasteiger partial charge in [0.15, 0.2) is 0 Å². The Labute approximate surface area is 171 Å². The fourth-order valence-electron chi connectivity index (χ4n) is 3.63. The third-order valence-electron chi connectivity index (χ3n) is 5.65. The van der Waals surface area contributed by atoms with Crippen LogP contribution in [0.3, 0.4) is 0 Å². The van der Waals surface area contributed by atoms with Gasteiger partial charge in [0.1, 0.15) is 5.82 Å². The summed E-state index contributed by atoms with van der Waals surface area (Å²) in [6.07, 6.45) is 4.73. The van der Waals surface area contributed by atoms with Crippen molar-refractivity contribution in [3.63, 3.8) is 0 Å². The molecule has 0 radical (unpaired) electrons. The maximum absolute atomic E-state index is 13.1. The van der Waals surface area contributed by atoms with Crippen LogP contribution in [0, 0.1) is 11.7 Å². The number of carbonyl (C=O) groups excluding carboxylic acids is 2. The summed E-state index contributed by atoms with van der Waals surface area (Å²) in [5.41, 5.74) is 1.89. The van der Waals surface area contributed by atoms with Gasteiger partial charge in [-0.2, -0.15) is 0 Å². The Hall–Kier alpha value is -2.95. The summed E-state index contributed by atoms with van der Waals surface area (Å²) in [5.74, 6) is -0.320. The van der Waals surface area contributed by atoms with Crippen LogP contribution in [0.25, 0.3) is 6.08 Å². The quantitative estimate of drug-likeness (QED) is 0.710. The molecule has 1 saturated heterocycles. The monoisotopic (exact) mass is 394 g/mol. The van der Waals surface area contributed by atoms with Crippen molar-refractivity contribution in [2.24, 2.45) is 5.92 Å². The molecular weight excluding hydrogens is 367 g/mol. The van der Waals surface area contributed by atoms with Crippen LogP contribution in [0.5, 0.6) is 0 Å². The standard InChI is InChI=1S/C24H27FN2O2/c1-18(20-9-11-22(25)12-10-20)26(2)24(29)21-14-16-27(17-15-21)23(28)13-8-19-6-4-3-5-7-19/h3-13,18,21H,14-17H2,1-2H3. The molecule has 0 aliphatic carbocycles. The Morgan fingerprint density at radius 2 is 1.69 bits per heavy atom. The summed E-state index contributed by atoms with van der Waals surface area (Å²) >= 11 is 0. The van der Waals surface area contributed by atoms with Gasteiger partial charge in [0, 0.05) is 32.1 Å². The van der Waals surface area contributed by atoms with E-state index < -0.39 is 0 Å². The number of rotatable bonds is 5. The number of halogens is 1. The van der Waals surface area contributed by atoms with Crippen LogP contribution in [-0.2, 0) is 9.59 Å².